The van der Waals surface area contributed by atoms with E-state index in [4.69, 9.17) is 5.73 Å². The fourth-order valence-electron chi connectivity index (χ4n) is 1.66. The Balaban J connectivity index is 2.25. The summed E-state index contributed by atoms with van der Waals surface area (Å²) in [5.74, 6) is 0. The van der Waals surface area contributed by atoms with Gasteiger partial charge in [0.1, 0.15) is 0 Å². The largest absolute Gasteiger partial charge is 0.324 e. The Hall–Kier alpha value is -1.61. The van der Waals surface area contributed by atoms with Gasteiger partial charge in [0.25, 0.3) is 0 Å². The number of nitrogens with two attached hydrogens (primary N) is 1. The maximum atomic E-state index is 5.96. The molecule has 1 aromatic carbocycles. The van der Waals surface area contributed by atoms with Crippen molar-refractivity contribution in [3.63, 3.8) is 0 Å². The van der Waals surface area contributed by atoms with Gasteiger partial charge < -0.3 is 5.73 Å². The van der Waals surface area contributed by atoms with Crippen molar-refractivity contribution >= 4 is 0 Å². The second-order valence-electron chi connectivity index (χ2n) is 4.07. The van der Waals surface area contributed by atoms with Gasteiger partial charge in [-0.15, -0.1) is 0 Å². The number of aromatic nitrogens is 2. The highest BCUT2D eigenvalue weighted by molar-refractivity contribution is 5.35. The molecular formula is C13H17N3. The van der Waals surface area contributed by atoms with E-state index < -0.39 is 0 Å². The summed E-state index contributed by atoms with van der Waals surface area (Å²) in [6, 6.07) is 8.38. The molecule has 0 fully saturated rings. The zero-order chi connectivity index (χ0) is 11.5. The lowest BCUT2D eigenvalue weighted by atomic mass is 10.1. The van der Waals surface area contributed by atoms with E-state index in [1.807, 2.05) is 24.0 Å². The fraction of sp³-hybridized carbons (Fsp3) is 0.308. The van der Waals surface area contributed by atoms with Gasteiger partial charge in [0.2, 0.25) is 0 Å². The molecule has 0 spiro atoms. The third kappa shape index (κ3) is 2.14. The lowest BCUT2D eigenvalue weighted by Gasteiger charge is -2.09. The van der Waals surface area contributed by atoms with Gasteiger partial charge in [-0.05, 0) is 36.6 Å². The molecule has 0 bridgehead atoms. The van der Waals surface area contributed by atoms with Crippen LogP contribution < -0.4 is 5.73 Å². The molecular weight excluding hydrogens is 198 g/mol. The molecule has 2 N–H and O–H groups in total. The van der Waals surface area contributed by atoms with Gasteiger partial charge in [0.05, 0.1) is 11.9 Å². The van der Waals surface area contributed by atoms with Gasteiger partial charge in [-0.2, -0.15) is 5.10 Å². The van der Waals surface area contributed by atoms with Crippen LogP contribution >= 0.6 is 0 Å². The molecule has 0 aliphatic heterocycles. The lowest BCUT2D eigenvalue weighted by molar-refractivity contribution is 0.698. The van der Waals surface area contributed by atoms with Gasteiger partial charge in [-0.25, -0.2) is 4.68 Å². The summed E-state index contributed by atoms with van der Waals surface area (Å²) in [7, 11) is 0. The van der Waals surface area contributed by atoms with Gasteiger partial charge in [0.15, 0.2) is 0 Å². The van der Waals surface area contributed by atoms with Crippen molar-refractivity contribution in [1.29, 1.82) is 0 Å². The van der Waals surface area contributed by atoms with Crippen molar-refractivity contribution in [1.82, 2.24) is 9.78 Å². The van der Waals surface area contributed by atoms with E-state index in [-0.39, 0.29) is 6.04 Å². The van der Waals surface area contributed by atoms with Crippen LogP contribution in [0.1, 0.15) is 30.5 Å². The highest BCUT2D eigenvalue weighted by Crippen LogP contribution is 2.16. The average Bonchev–Trinajstić information content (AvgIpc) is 2.75. The molecule has 1 atom stereocenters. The third-order valence-corrected chi connectivity index (χ3v) is 2.74. The molecule has 3 heteroatoms. The minimum Gasteiger partial charge on any atom is -0.324 e. The van der Waals surface area contributed by atoms with Crippen LogP contribution in [0.4, 0.5) is 0 Å². The molecule has 0 aliphatic rings. The number of aryl methyl sites for hydroxylation is 1. The maximum Gasteiger partial charge on any atom is 0.0645 e. The zero-order valence-corrected chi connectivity index (χ0v) is 9.72. The molecule has 2 rings (SSSR count). The van der Waals surface area contributed by atoms with Crippen LogP contribution in [0.25, 0.3) is 5.69 Å². The van der Waals surface area contributed by atoms with E-state index in [9.17, 15) is 0 Å². The smallest absolute Gasteiger partial charge is 0.0645 e. The number of benzene rings is 1. The summed E-state index contributed by atoms with van der Waals surface area (Å²) in [6.45, 7) is 4.13. The molecule has 84 valence electrons. The predicted octanol–water partition coefficient (Wildman–Crippen LogP) is 2.59. The van der Waals surface area contributed by atoms with Gasteiger partial charge in [-0.3, -0.25) is 0 Å². The molecule has 1 unspecified atom stereocenters. The maximum absolute atomic E-state index is 5.96. The van der Waals surface area contributed by atoms with Crippen LogP contribution in [0.2, 0.25) is 0 Å². The third-order valence-electron chi connectivity index (χ3n) is 2.74. The highest BCUT2D eigenvalue weighted by atomic mass is 15.3. The second kappa shape index (κ2) is 4.49. The van der Waals surface area contributed by atoms with Gasteiger partial charge in [0, 0.05) is 12.2 Å². The molecule has 0 amide bonds. The Morgan fingerprint density at radius 3 is 2.50 bits per heavy atom. The van der Waals surface area contributed by atoms with E-state index in [1.54, 1.807) is 0 Å². The zero-order valence-electron chi connectivity index (χ0n) is 9.72. The minimum atomic E-state index is 0.133. The molecule has 1 aromatic heterocycles. The molecule has 0 aliphatic carbocycles. The number of rotatable bonds is 3. The normalized spacial score (nSPS) is 12.7. The summed E-state index contributed by atoms with van der Waals surface area (Å²) in [4.78, 5) is 0. The highest BCUT2D eigenvalue weighted by Gasteiger charge is 2.03. The van der Waals surface area contributed by atoms with Crippen molar-refractivity contribution in [2.24, 2.45) is 5.73 Å². The fourth-order valence-corrected chi connectivity index (χ4v) is 1.66. The molecule has 1 heterocycles. The topological polar surface area (TPSA) is 43.8 Å². The van der Waals surface area contributed by atoms with Crippen molar-refractivity contribution in [3.05, 3.63) is 47.8 Å². The standard InChI is InChI=1S/C13H17N3/c1-3-13(14)11-4-6-12(7-5-11)16-9-10(2)8-15-16/h4-9,13H,3,14H2,1-2H3. The SMILES string of the molecule is CCC(N)c1ccc(-n2cc(C)cn2)cc1. The molecule has 0 saturated heterocycles. The molecule has 3 nitrogen and oxygen atoms in total. The van der Waals surface area contributed by atoms with Crippen molar-refractivity contribution < 1.29 is 0 Å². The lowest BCUT2D eigenvalue weighted by Crippen LogP contribution is -2.08. The van der Waals surface area contributed by atoms with E-state index in [2.05, 4.69) is 36.3 Å². The quantitative estimate of drug-likeness (QED) is 0.855. The molecule has 0 saturated carbocycles. The van der Waals surface area contributed by atoms with Crippen LogP contribution in [-0.4, -0.2) is 9.78 Å². The number of nitrogens with zero attached hydrogens (tertiary/aromatic N) is 2. The summed E-state index contributed by atoms with van der Waals surface area (Å²) < 4.78 is 1.87. The molecule has 0 radical (unpaired) electrons. The Morgan fingerprint density at radius 1 is 1.31 bits per heavy atom. The van der Waals surface area contributed by atoms with Crippen LogP contribution in [0.5, 0.6) is 0 Å². The summed E-state index contributed by atoms with van der Waals surface area (Å²) in [5, 5.41) is 4.27. The van der Waals surface area contributed by atoms with Crippen LogP contribution in [0.15, 0.2) is 36.7 Å². The Kier molecular flexibility index (Phi) is 3.06. The van der Waals surface area contributed by atoms with Gasteiger partial charge >= 0.3 is 0 Å². The van der Waals surface area contributed by atoms with Crippen LogP contribution in [-0.2, 0) is 0 Å². The summed E-state index contributed by atoms with van der Waals surface area (Å²) in [6.07, 6.45) is 4.82. The number of hydrogen-bond acceptors (Lipinski definition) is 2. The second-order valence-corrected chi connectivity index (χ2v) is 4.07. The van der Waals surface area contributed by atoms with E-state index in [0.717, 1.165) is 17.7 Å². The average molecular weight is 215 g/mol. The Bertz CT molecular complexity index is 456. The first-order valence-corrected chi connectivity index (χ1v) is 5.58. The van der Waals surface area contributed by atoms with Crippen LogP contribution in [0, 0.1) is 6.92 Å². The van der Waals surface area contributed by atoms with E-state index >= 15 is 0 Å². The predicted molar refractivity (Wildman–Crippen MR) is 65.5 cm³/mol. The van der Waals surface area contributed by atoms with Crippen molar-refractivity contribution in [2.45, 2.75) is 26.3 Å². The minimum absolute atomic E-state index is 0.133. The summed E-state index contributed by atoms with van der Waals surface area (Å²) >= 11 is 0. The summed E-state index contributed by atoms with van der Waals surface area (Å²) in [5.41, 5.74) is 9.37. The first-order valence-electron chi connectivity index (χ1n) is 5.58. The van der Waals surface area contributed by atoms with E-state index in [1.165, 1.54) is 5.56 Å². The molecule has 16 heavy (non-hydrogen) atoms. The Labute approximate surface area is 95.9 Å². The first kappa shape index (κ1) is 10.9. The monoisotopic (exact) mass is 215 g/mol. The Morgan fingerprint density at radius 2 is 2.00 bits per heavy atom. The van der Waals surface area contributed by atoms with Gasteiger partial charge in [-0.1, -0.05) is 19.1 Å². The molecule has 2 aromatic rings. The van der Waals surface area contributed by atoms with E-state index in [0.29, 0.717) is 0 Å². The number of hydrogen-bond donors (Lipinski definition) is 1. The van der Waals surface area contributed by atoms with Crippen molar-refractivity contribution in [2.75, 3.05) is 0 Å². The van der Waals surface area contributed by atoms with Crippen LogP contribution in [0.3, 0.4) is 0 Å². The van der Waals surface area contributed by atoms with Crippen molar-refractivity contribution in [3.8, 4) is 5.69 Å². The first-order chi connectivity index (χ1) is 7.70.